The Hall–Kier alpha value is -1.08. The average Bonchev–Trinajstić information content (AvgIpc) is 2.26. The van der Waals surface area contributed by atoms with Crippen LogP contribution >= 0.6 is 0 Å². The lowest BCUT2D eigenvalue weighted by Crippen LogP contribution is -2.23. The molecule has 0 atom stereocenters. The van der Waals surface area contributed by atoms with Crippen molar-refractivity contribution < 1.29 is 21.6 Å². The van der Waals surface area contributed by atoms with Gasteiger partial charge in [-0.05, 0) is 51.3 Å². The minimum atomic E-state index is -5.36. The van der Waals surface area contributed by atoms with E-state index in [0.717, 1.165) is 11.6 Å². The Labute approximate surface area is 118 Å². The number of nitrogens with two attached hydrogens (primary N) is 1. The van der Waals surface area contributed by atoms with E-state index in [0.29, 0.717) is 31.4 Å². The van der Waals surface area contributed by atoms with Crippen molar-refractivity contribution in [3.63, 3.8) is 0 Å². The zero-order chi connectivity index (χ0) is 16.0. The van der Waals surface area contributed by atoms with Crippen LogP contribution in [0.3, 0.4) is 0 Å². The lowest BCUT2D eigenvalue weighted by molar-refractivity contribution is -0.0425. The summed E-state index contributed by atoms with van der Waals surface area (Å²) in [4.78, 5) is -0.940. The Morgan fingerprint density at radius 3 is 2.15 bits per heavy atom. The predicted molar refractivity (Wildman–Crippen MR) is 74.5 cm³/mol. The molecule has 20 heavy (non-hydrogen) atoms. The van der Waals surface area contributed by atoms with Gasteiger partial charge in [-0.25, -0.2) is 8.42 Å². The molecule has 0 aliphatic heterocycles. The summed E-state index contributed by atoms with van der Waals surface area (Å²) >= 11 is 0. The van der Waals surface area contributed by atoms with Gasteiger partial charge in [-0.3, -0.25) is 0 Å². The van der Waals surface area contributed by atoms with Crippen molar-refractivity contribution in [3.8, 4) is 0 Å². The second-order valence-corrected chi connectivity index (χ2v) is 6.60. The molecular weight excluding hydrogens is 291 g/mol. The number of allylic oxidation sites excluding steroid dienone is 4. The van der Waals surface area contributed by atoms with Gasteiger partial charge in [-0.2, -0.15) is 13.2 Å². The highest BCUT2D eigenvalue weighted by Gasteiger charge is 2.46. The number of hydrogen-bond donors (Lipinski definition) is 1. The number of sulfone groups is 1. The van der Waals surface area contributed by atoms with Crippen LogP contribution in [0.2, 0.25) is 0 Å². The number of unbranched alkanes of at least 4 members (excludes halogenated alkanes) is 1. The monoisotopic (exact) mass is 311 g/mol. The van der Waals surface area contributed by atoms with Crippen LogP contribution in [-0.4, -0.2) is 20.5 Å². The summed E-state index contributed by atoms with van der Waals surface area (Å²) in [5, 5.41) is 0. The maximum atomic E-state index is 12.4. The van der Waals surface area contributed by atoms with Gasteiger partial charge in [0.25, 0.3) is 9.84 Å². The van der Waals surface area contributed by atoms with Crippen LogP contribution in [0.1, 0.15) is 33.1 Å². The standard InChI is InChI=1S/C13H20F3NO2S/c1-10(2)8-12(6-4-5-7-17)9-11(3)20(18,19)13(14,15)16/h8-9H,3-7,17H2,1-2H3/b12-9-. The quantitative estimate of drug-likeness (QED) is 0.578. The third kappa shape index (κ3) is 5.92. The Kier molecular flexibility index (Phi) is 7.22. The van der Waals surface area contributed by atoms with Gasteiger partial charge in [0.05, 0.1) is 4.91 Å². The van der Waals surface area contributed by atoms with Crippen LogP contribution in [0, 0.1) is 0 Å². The normalized spacial score (nSPS) is 13.2. The lowest BCUT2D eigenvalue weighted by Gasteiger charge is -2.09. The maximum absolute atomic E-state index is 12.4. The van der Waals surface area contributed by atoms with Crippen molar-refractivity contribution in [2.75, 3.05) is 6.54 Å². The highest BCUT2D eigenvalue weighted by Crippen LogP contribution is 2.30. The Bertz CT molecular complexity index is 498. The summed E-state index contributed by atoms with van der Waals surface area (Å²) in [6.45, 7) is 7.06. The molecule has 0 heterocycles. The number of alkyl halides is 3. The van der Waals surface area contributed by atoms with E-state index in [9.17, 15) is 21.6 Å². The molecule has 0 rings (SSSR count). The molecule has 0 aliphatic rings. The number of halogens is 3. The summed E-state index contributed by atoms with van der Waals surface area (Å²) in [5.41, 5.74) is 1.38. The van der Waals surface area contributed by atoms with Gasteiger partial charge in [0.15, 0.2) is 0 Å². The Morgan fingerprint density at radius 1 is 1.20 bits per heavy atom. The van der Waals surface area contributed by atoms with E-state index in [1.54, 1.807) is 19.9 Å². The minimum Gasteiger partial charge on any atom is -0.330 e. The molecule has 0 saturated heterocycles. The van der Waals surface area contributed by atoms with Gasteiger partial charge in [0.2, 0.25) is 0 Å². The highest BCUT2D eigenvalue weighted by atomic mass is 32.2. The van der Waals surface area contributed by atoms with E-state index < -0.39 is 20.3 Å². The lowest BCUT2D eigenvalue weighted by atomic mass is 10.1. The highest BCUT2D eigenvalue weighted by molar-refractivity contribution is 7.96. The van der Waals surface area contributed by atoms with E-state index >= 15 is 0 Å². The molecule has 0 fully saturated rings. The molecule has 7 heteroatoms. The number of hydrogen-bond acceptors (Lipinski definition) is 3. The Balaban J connectivity index is 5.28. The van der Waals surface area contributed by atoms with Gasteiger partial charge < -0.3 is 5.73 Å². The van der Waals surface area contributed by atoms with Crippen LogP contribution < -0.4 is 5.73 Å². The van der Waals surface area contributed by atoms with Gasteiger partial charge in [0.1, 0.15) is 0 Å². The first kappa shape index (κ1) is 18.9. The second-order valence-electron chi connectivity index (χ2n) is 4.60. The fourth-order valence-corrected chi connectivity index (χ4v) is 2.07. The summed E-state index contributed by atoms with van der Waals surface area (Å²) in [7, 11) is -5.36. The van der Waals surface area contributed by atoms with Gasteiger partial charge in [-0.15, -0.1) is 0 Å². The van der Waals surface area contributed by atoms with Crippen molar-refractivity contribution in [2.24, 2.45) is 5.73 Å². The first-order valence-corrected chi connectivity index (χ1v) is 7.56. The molecule has 0 spiro atoms. The van der Waals surface area contributed by atoms with E-state index in [4.69, 9.17) is 5.73 Å². The first-order valence-electron chi connectivity index (χ1n) is 6.08. The van der Waals surface area contributed by atoms with Crippen LogP contribution in [0.4, 0.5) is 13.2 Å². The van der Waals surface area contributed by atoms with Crippen LogP contribution in [0.25, 0.3) is 0 Å². The molecule has 0 aliphatic carbocycles. The topological polar surface area (TPSA) is 60.2 Å². The molecule has 0 unspecified atom stereocenters. The van der Waals surface area contributed by atoms with E-state index in [1.807, 2.05) is 0 Å². The molecule has 0 radical (unpaired) electrons. The second kappa shape index (κ2) is 7.64. The van der Waals surface area contributed by atoms with E-state index in [-0.39, 0.29) is 0 Å². The summed E-state index contributed by atoms with van der Waals surface area (Å²) < 4.78 is 59.6. The van der Waals surface area contributed by atoms with E-state index in [2.05, 4.69) is 6.58 Å². The molecule has 116 valence electrons. The third-order valence-corrected chi connectivity index (χ3v) is 3.81. The molecule has 0 aromatic heterocycles. The predicted octanol–water partition coefficient (Wildman–Crippen LogP) is 3.46. The van der Waals surface area contributed by atoms with Crippen molar-refractivity contribution in [1.29, 1.82) is 0 Å². The van der Waals surface area contributed by atoms with Crippen molar-refractivity contribution >= 4 is 9.84 Å². The fraction of sp³-hybridized carbons (Fsp3) is 0.538. The third-order valence-electron chi connectivity index (χ3n) is 2.39. The zero-order valence-corrected chi connectivity index (χ0v) is 12.4. The molecule has 0 aromatic rings. The molecule has 0 aromatic carbocycles. The largest absolute Gasteiger partial charge is 0.501 e. The SMILES string of the molecule is C=C(/C=C(\C=C(C)C)CCCCN)S(=O)(=O)C(F)(F)F. The summed E-state index contributed by atoms with van der Waals surface area (Å²) in [6, 6.07) is 0. The van der Waals surface area contributed by atoms with Crippen molar-refractivity contribution in [2.45, 2.75) is 38.6 Å². The van der Waals surface area contributed by atoms with Crippen LogP contribution in [-0.2, 0) is 9.84 Å². The molecule has 0 bridgehead atoms. The van der Waals surface area contributed by atoms with Crippen LogP contribution in [0.5, 0.6) is 0 Å². The molecular formula is C13H20F3NO2S. The summed E-state index contributed by atoms with van der Waals surface area (Å²) in [6.07, 6.45) is 4.46. The zero-order valence-electron chi connectivity index (χ0n) is 11.6. The average molecular weight is 311 g/mol. The Morgan fingerprint density at radius 2 is 1.75 bits per heavy atom. The molecule has 2 N–H and O–H groups in total. The molecule has 3 nitrogen and oxygen atoms in total. The smallest absolute Gasteiger partial charge is 0.330 e. The van der Waals surface area contributed by atoms with Gasteiger partial charge in [0, 0.05) is 0 Å². The molecule has 0 amide bonds. The van der Waals surface area contributed by atoms with Gasteiger partial charge >= 0.3 is 5.51 Å². The fourth-order valence-electron chi connectivity index (χ4n) is 1.46. The van der Waals surface area contributed by atoms with Crippen molar-refractivity contribution in [1.82, 2.24) is 0 Å². The van der Waals surface area contributed by atoms with Crippen LogP contribution in [0.15, 0.2) is 34.8 Å². The van der Waals surface area contributed by atoms with Gasteiger partial charge in [-0.1, -0.05) is 18.2 Å². The van der Waals surface area contributed by atoms with Crippen molar-refractivity contribution in [3.05, 3.63) is 34.8 Å². The first-order chi connectivity index (χ1) is 9.02. The molecule has 0 saturated carbocycles. The maximum Gasteiger partial charge on any atom is 0.501 e. The number of rotatable bonds is 7. The minimum absolute atomic E-state index is 0.453. The van der Waals surface area contributed by atoms with E-state index in [1.165, 1.54) is 0 Å². The summed E-state index contributed by atoms with van der Waals surface area (Å²) in [5.74, 6) is 0.